The lowest BCUT2D eigenvalue weighted by atomic mass is 10.2. The molecule has 0 bridgehead atoms. The lowest BCUT2D eigenvalue weighted by molar-refractivity contribution is -0.130. The number of hydrogen-bond donors (Lipinski definition) is 0. The van der Waals surface area contributed by atoms with Crippen molar-refractivity contribution in [3.8, 4) is 0 Å². The van der Waals surface area contributed by atoms with E-state index in [2.05, 4.69) is 4.98 Å². The first kappa shape index (κ1) is 12.4. The molecule has 2 atom stereocenters. The van der Waals surface area contributed by atoms with E-state index >= 15 is 0 Å². The number of methoxy groups -OCH3 is 1. The number of rotatable bonds is 4. The number of halogens is 1. The minimum Gasteiger partial charge on any atom is -0.377 e. The third kappa shape index (κ3) is 2.61. The molecule has 0 aliphatic carbocycles. The normalized spacial score (nSPS) is 24.2. The van der Waals surface area contributed by atoms with E-state index in [0.717, 1.165) is 0 Å². The number of imidazole rings is 1. The van der Waals surface area contributed by atoms with Crippen LogP contribution in [0.2, 0.25) is 0 Å². The van der Waals surface area contributed by atoms with Crippen molar-refractivity contribution in [1.82, 2.24) is 14.5 Å². The van der Waals surface area contributed by atoms with Gasteiger partial charge in [-0.15, -0.1) is 11.6 Å². The van der Waals surface area contributed by atoms with Crippen LogP contribution in [0.25, 0.3) is 0 Å². The summed E-state index contributed by atoms with van der Waals surface area (Å²) in [6.45, 7) is 1.28. The average molecular weight is 258 g/mol. The maximum atomic E-state index is 11.8. The number of likely N-dealkylation sites (tertiary alicyclic amines) is 1. The Hall–Kier alpha value is -1.07. The van der Waals surface area contributed by atoms with Crippen LogP contribution in [0.3, 0.4) is 0 Å². The number of carbonyl (C=O) groups excluding carboxylic acids is 1. The summed E-state index contributed by atoms with van der Waals surface area (Å²) in [5.41, 5.74) is 0. The zero-order valence-corrected chi connectivity index (χ0v) is 10.5. The minimum absolute atomic E-state index is 0.0171. The topological polar surface area (TPSA) is 47.4 Å². The summed E-state index contributed by atoms with van der Waals surface area (Å²) in [7, 11) is 1.67. The second-order valence-electron chi connectivity index (χ2n) is 4.09. The number of amides is 1. The molecule has 0 spiro atoms. The molecule has 0 aromatic carbocycles. The predicted molar refractivity (Wildman–Crippen MR) is 64.0 cm³/mol. The molecule has 6 heteroatoms. The van der Waals surface area contributed by atoms with Crippen molar-refractivity contribution in [2.24, 2.45) is 0 Å². The molecule has 1 aromatic heterocycles. The lowest BCUT2D eigenvalue weighted by Crippen LogP contribution is -2.29. The van der Waals surface area contributed by atoms with Crippen LogP contribution in [0.15, 0.2) is 18.7 Å². The van der Waals surface area contributed by atoms with E-state index in [1.165, 1.54) is 0 Å². The van der Waals surface area contributed by atoms with Crippen molar-refractivity contribution in [3.63, 3.8) is 0 Å². The van der Waals surface area contributed by atoms with Crippen molar-refractivity contribution < 1.29 is 9.53 Å². The molecule has 1 fully saturated rings. The van der Waals surface area contributed by atoms with Crippen LogP contribution < -0.4 is 0 Å². The van der Waals surface area contributed by atoms with Crippen LogP contribution >= 0.6 is 11.6 Å². The van der Waals surface area contributed by atoms with Crippen molar-refractivity contribution in [2.75, 3.05) is 26.1 Å². The Bertz CT molecular complexity index is 369. The van der Waals surface area contributed by atoms with Crippen LogP contribution in [-0.4, -0.2) is 52.5 Å². The molecule has 1 aliphatic heterocycles. The van der Waals surface area contributed by atoms with Gasteiger partial charge >= 0.3 is 0 Å². The van der Waals surface area contributed by atoms with Gasteiger partial charge in [0.15, 0.2) is 0 Å². The van der Waals surface area contributed by atoms with Gasteiger partial charge in [-0.1, -0.05) is 0 Å². The molecule has 0 N–H and O–H groups in total. The summed E-state index contributed by atoms with van der Waals surface area (Å²) < 4.78 is 7.42. The Balaban J connectivity index is 2.06. The molecule has 2 heterocycles. The molecule has 1 aromatic rings. The molecule has 0 unspecified atom stereocenters. The Morgan fingerprint density at radius 3 is 3.00 bits per heavy atom. The number of ether oxygens (including phenoxy) is 1. The fourth-order valence-electron chi connectivity index (χ4n) is 2.18. The fraction of sp³-hybridized carbons (Fsp3) is 0.636. The highest BCUT2D eigenvalue weighted by atomic mass is 35.5. The van der Waals surface area contributed by atoms with Gasteiger partial charge in [-0.2, -0.15) is 0 Å². The molecule has 0 saturated carbocycles. The molecule has 1 saturated heterocycles. The largest absolute Gasteiger partial charge is 0.377 e. The van der Waals surface area contributed by atoms with E-state index in [9.17, 15) is 4.79 Å². The summed E-state index contributed by atoms with van der Waals surface area (Å²) in [6, 6.07) is 0.141. The van der Waals surface area contributed by atoms with Gasteiger partial charge in [-0.05, 0) is 0 Å². The first-order valence-electron chi connectivity index (χ1n) is 5.60. The third-order valence-electron chi connectivity index (χ3n) is 3.11. The molecular formula is C11H16ClN3O2. The number of nitrogens with zero attached hydrogens (tertiary/aromatic N) is 3. The van der Waals surface area contributed by atoms with Crippen molar-refractivity contribution in [3.05, 3.63) is 18.7 Å². The fourth-order valence-corrected chi connectivity index (χ4v) is 2.34. The molecule has 17 heavy (non-hydrogen) atoms. The van der Waals surface area contributed by atoms with Gasteiger partial charge in [0.25, 0.3) is 0 Å². The zero-order chi connectivity index (χ0) is 12.3. The number of alkyl halides is 1. The quantitative estimate of drug-likeness (QED) is 0.754. The Labute approximate surface area is 105 Å². The standard InChI is InChI=1S/C11H16ClN3O2/c1-17-10-7-15(11(16)2-3-12)6-9(10)14-5-4-13-8-14/h4-5,8-10H,2-3,6-7H2,1H3/t9-,10-/m0/s1. The van der Waals surface area contributed by atoms with Crippen LogP contribution in [0.1, 0.15) is 12.5 Å². The van der Waals surface area contributed by atoms with E-state index in [1.54, 1.807) is 24.5 Å². The van der Waals surface area contributed by atoms with Crippen molar-refractivity contribution in [1.29, 1.82) is 0 Å². The van der Waals surface area contributed by atoms with Crippen molar-refractivity contribution >= 4 is 17.5 Å². The van der Waals surface area contributed by atoms with Gasteiger partial charge in [0.2, 0.25) is 5.91 Å². The highest BCUT2D eigenvalue weighted by Gasteiger charge is 2.35. The third-order valence-corrected chi connectivity index (χ3v) is 3.30. The molecule has 0 radical (unpaired) electrons. The monoisotopic (exact) mass is 257 g/mol. The molecular weight excluding hydrogens is 242 g/mol. The summed E-state index contributed by atoms with van der Waals surface area (Å²) in [5.74, 6) is 0.451. The first-order valence-corrected chi connectivity index (χ1v) is 6.13. The van der Waals surface area contributed by atoms with Crippen LogP contribution in [0.5, 0.6) is 0 Å². The molecule has 5 nitrogen and oxygen atoms in total. The molecule has 1 aliphatic rings. The maximum Gasteiger partial charge on any atom is 0.223 e. The van der Waals surface area contributed by atoms with Crippen molar-refractivity contribution in [2.45, 2.75) is 18.6 Å². The summed E-state index contributed by atoms with van der Waals surface area (Å²) >= 11 is 5.59. The molecule has 1 amide bonds. The van der Waals surface area contributed by atoms with Gasteiger partial charge in [0, 0.05) is 44.9 Å². The SMILES string of the molecule is CO[C@H]1CN(C(=O)CCCl)C[C@@H]1n1ccnc1. The highest BCUT2D eigenvalue weighted by Crippen LogP contribution is 2.24. The lowest BCUT2D eigenvalue weighted by Gasteiger charge is -2.17. The Morgan fingerprint density at radius 1 is 1.59 bits per heavy atom. The van der Waals surface area contributed by atoms with E-state index in [-0.39, 0.29) is 18.1 Å². The van der Waals surface area contributed by atoms with E-state index in [1.807, 2.05) is 10.8 Å². The number of aromatic nitrogens is 2. The van der Waals surface area contributed by atoms with Gasteiger partial charge in [0.1, 0.15) is 0 Å². The molecule has 2 rings (SSSR count). The maximum absolute atomic E-state index is 11.8. The van der Waals surface area contributed by atoms with Crippen LogP contribution in [0, 0.1) is 0 Å². The summed E-state index contributed by atoms with van der Waals surface area (Å²) in [6.07, 6.45) is 5.78. The second kappa shape index (κ2) is 5.51. The van der Waals surface area contributed by atoms with E-state index in [4.69, 9.17) is 16.3 Å². The van der Waals surface area contributed by atoms with E-state index in [0.29, 0.717) is 25.4 Å². The number of hydrogen-bond acceptors (Lipinski definition) is 3. The number of carbonyl (C=O) groups is 1. The van der Waals surface area contributed by atoms with Gasteiger partial charge in [-0.25, -0.2) is 4.98 Å². The minimum atomic E-state index is 0.0171. The second-order valence-corrected chi connectivity index (χ2v) is 4.47. The van der Waals surface area contributed by atoms with Gasteiger partial charge in [0.05, 0.1) is 18.5 Å². The van der Waals surface area contributed by atoms with Gasteiger partial charge in [-0.3, -0.25) is 4.79 Å². The summed E-state index contributed by atoms with van der Waals surface area (Å²) in [5, 5.41) is 0. The van der Waals surface area contributed by atoms with Gasteiger partial charge < -0.3 is 14.2 Å². The smallest absolute Gasteiger partial charge is 0.223 e. The Kier molecular flexibility index (Phi) is 4.02. The Morgan fingerprint density at radius 2 is 2.41 bits per heavy atom. The zero-order valence-electron chi connectivity index (χ0n) is 9.75. The average Bonchev–Trinajstić information content (AvgIpc) is 2.97. The summed E-state index contributed by atoms with van der Waals surface area (Å²) in [4.78, 5) is 17.6. The molecule has 94 valence electrons. The highest BCUT2D eigenvalue weighted by molar-refractivity contribution is 6.18. The van der Waals surface area contributed by atoms with Crippen LogP contribution in [0.4, 0.5) is 0 Å². The first-order chi connectivity index (χ1) is 8.26. The van der Waals surface area contributed by atoms with Crippen LogP contribution in [-0.2, 0) is 9.53 Å². The van der Waals surface area contributed by atoms with E-state index < -0.39 is 0 Å². The predicted octanol–water partition coefficient (Wildman–Crippen LogP) is 0.910.